The summed E-state index contributed by atoms with van der Waals surface area (Å²) in [6, 6.07) is 11.0. The molecule has 0 aliphatic rings. The number of hydrogen-bond donors (Lipinski definition) is 1. The summed E-state index contributed by atoms with van der Waals surface area (Å²) in [4.78, 5) is 12.2. The first-order chi connectivity index (χ1) is 12.8. The Hall–Kier alpha value is -2.29. The maximum Gasteiger partial charge on any atom is 0.243 e. The van der Waals surface area contributed by atoms with Gasteiger partial charge in [-0.05, 0) is 37.3 Å². The molecule has 2 aromatic rings. The van der Waals surface area contributed by atoms with Crippen molar-refractivity contribution in [1.29, 1.82) is 0 Å². The minimum Gasteiger partial charge on any atom is -0.495 e. The molecule has 0 fully saturated rings. The molecule has 0 saturated heterocycles. The number of para-hydroxylation sites is 2. The summed E-state index contributed by atoms with van der Waals surface area (Å²) in [5.74, 6) is 0.381. The van der Waals surface area contributed by atoms with Gasteiger partial charge in [0.15, 0.2) is 0 Å². The fourth-order valence-corrected chi connectivity index (χ4v) is 3.77. The van der Waals surface area contributed by atoms with Crippen LogP contribution in [0.2, 0.25) is 5.02 Å². The molecule has 7 nitrogen and oxygen atoms in total. The molecule has 2 rings (SSSR count). The van der Waals surface area contributed by atoms with Crippen LogP contribution in [0.25, 0.3) is 0 Å². The lowest BCUT2D eigenvalue weighted by atomic mass is 10.3. The number of ether oxygens (including phenoxy) is 2. The summed E-state index contributed by atoms with van der Waals surface area (Å²) in [6.07, 6.45) is 0. The summed E-state index contributed by atoms with van der Waals surface area (Å²) in [7, 11) is -1.09. The second-order valence-corrected chi connectivity index (χ2v) is 7.99. The number of rotatable bonds is 8. The van der Waals surface area contributed by atoms with Crippen molar-refractivity contribution >= 4 is 33.2 Å². The van der Waals surface area contributed by atoms with Crippen molar-refractivity contribution in [3.05, 3.63) is 47.5 Å². The molecule has 0 heterocycles. The molecule has 0 aliphatic heterocycles. The lowest BCUT2D eigenvalue weighted by Crippen LogP contribution is -2.35. The van der Waals surface area contributed by atoms with E-state index in [1.165, 1.54) is 32.4 Å². The number of amides is 1. The third-order valence-corrected chi connectivity index (χ3v) is 5.75. The van der Waals surface area contributed by atoms with E-state index in [1.807, 2.05) is 0 Å². The van der Waals surface area contributed by atoms with Crippen LogP contribution in [0.15, 0.2) is 47.4 Å². The molecule has 146 valence electrons. The van der Waals surface area contributed by atoms with Crippen molar-refractivity contribution in [3.8, 4) is 11.5 Å². The highest BCUT2D eigenvalue weighted by Gasteiger charge is 2.24. The quantitative estimate of drug-likeness (QED) is 0.720. The molecule has 0 aliphatic carbocycles. The van der Waals surface area contributed by atoms with Crippen LogP contribution in [-0.2, 0) is 14.8 Å². The van der Waals surface area contributed by atoms with E-state index < -0.39 is 15.9 Å². The summed E-state index contributed by atoms with van der Waals surface area (Å²) in [5, 5.41) is 2.82. The fourth-order valence-electron chi connectivity index (χ4n) is 2.32. The topological polar surface area (TPSA) is 84.9 Å². The lowest BCUT2D eigenvalue weighted by molar-refractivity contribution is -0.116. The number of carbonyl (C=O) groups excluding carboxylic acids is 1. The molecule has 0 spiro atoms. The highest BCUT2D eigenvalue weighted by atomic mass is 35.5. The van der Waals surface area contributed by atoms with Gasteiger partial charge in [0.05, 0.1) is 35.9 Å². The van der Waals surface area contributed by atoms with Crippen LogP contribution in [0, 0.1) is 0 Å². The maximum atomic E-state index is 12.7. The second-order valence-electron chi connectivity index (χ2n) is 5.53. The molecule has 9 heteroatoms. The van der Waals surface area contributed by atoms with E-state index in [2.05, 4.69) is 5.32 Å². The predicted octanol–water partition coefficient (Wildman–Crippen LogP) is 3.01. The Labute approximate surface area is 163 Å². The first-order valence-corrected chi connectivity index (χ1v) is 9.93. The SMILES string of the molecule is CCOc1ccc(S(=O)(=O)N(C)CC(=O)Nc2ccccc2OC)cc1Cl. The number of likely N-dealkylation sites (N-methyl/N-ethyl adjacent to an activating group) is 1. The molecule has 1 N–H and O–H groups in total. The van der Waals surface area contributed by atoms with E-state index in [0.717, 1.165) is 4.31 Å². The summed E-state index contributed by atoms with van der Waals surface area (Å²) < 4.78 is 36.8. The number of carbonyl (C=O) groups is 1. The van der Waals surface area contributed by atoms with Gasteiger partial charge in [-0.15, -0.1) is 0 Å². The number of methoxy groups -OCH3 is 1. The van der Waals surface area contributed by atoms with E-state index in [1.54, 1.807) is 31.2 Å². The zero-order valence-electron chi connectivity index (χ0n) is 15.2. The average molecular weight is 413 g/mol. The largest absolute Gasteiger partial charge is 0.495 e. The van der Waals surface area contributed by atoms with Gasteiger partial charge in [-0.25, -0.2) is 8.42 Å². The Kier molecular flexibility index (Phi) is 7.06. The van der Waals surface area contributed by atoms with Crippen LogP contribution >= 0.6 is 11.6 Å². The van der Waals surface area contributed by atoms with Gasteiger partial charge in [0, 0.05) is 7.05 Å². The number of nitrogens with zero attached hydrogens (tertiary/aromatic N) is 1. The first kappa shape index (κ1) is 21.0. The van der Waals surface area contributed by atoms with Gasteiger partial charge in [-0.3, -0.25) is 4.79 Å². The molecule has 0 atom stereocenters. The zero-order valence-corrected chi connectivity index (χ0v) is 16.8. The van der Waals surface area contributed by atoms with E-state index in [0.29, 0.717) is 23.8 Å². The zero-order chi connectivity index (χ0) is 20.0. The standard InChI is InChI=1S/C18H21ClN2O5S/c1-4-26-16-10-9-13(11-14(16)19)27(23,24)21(2)12-18(22)20-15-7-5-6-8-17(15)25-3/h5-11H,4,12H2,1-3H3,(H,20,22). The number of benzene rings is 2. The number of sulfonamides is 1. The summed E-state index contributed by atoms with van der Waals surface area (Å²) in [6.45, 7) is 1.84. The van der Waals surface area contributed by atoms with Crippen molar-refractivity contribution in [2.45, 2.75) is 11.8 Å². The summed E-state index contributed by atoms with van der Waals surface area (Å²) in [5.41, 5.74) is 0.458. The van der Waals surface area contributed by atoms with Crippen LogP contribution in [0.5, 0.6) is 11.5 Å². The van der Waals surface area contributed by atoms with Crippen LogP contribution in [0.1, 0.15) is 6.92 Å². The Morgan fingerprint density at radius 2 is 1.89 bits per heavy atom. The third kappa shape index (κ3) is 5.12. The summed E-state index contributed by atoms with van der Waals surface area (Å²) >= 11 is 6.06. The van der Waals surface area contributed by atoms with E-state index >= 15 is 0 Å². The third-order valence-electron chi connectivity index (χ3n) is 3.66. The lowest BCUT2D eigenvalue weighted by Gasteiger charge is -2.18. The predicted molar refractivity (Wildman–Crippen MR) is 104 cm³/mol. The minimum atomic E-state index is -3.89. The van der Waals surface area contributed by atoms with E-state index in [-0.39, 0.29) is 16.5 Å². The van der Waals surface area contributed by atoms with Gasteiger partial charge in [-0.1, -0.05) is 23.7 Å². The van der Waals surface area contributed by atoms with Gasteiger partial charge in [0.2, 0.25) is 15.9 Å². The number of nitrogens with one attached hydrogen (secondary N) is 1. The van der Waals surface area contributed by atoms with Crippen molar-refractivity contribution in [2.24, 2.45) is 0 Å². The van der Waals surface area contributed by atoms with Gasteiger partial charge < -0.3 is 14.8 Å². The van der Waals surface area contributed by atoms with E-state index in [9.17, 15) is 13.2 Å². The smallest absolute Gasteiger partial charge is 0.243 e. The van der Waals surface area contributed by atoms with Crippen molar-refractivity contribution in [3.63, 3.8) is 0 Å². The molecule has 0 aromatic heterocycles. The second kappa shape index (κ2) is 9.07. The van der Waals surface area contributed by atoms with Crippen molar-refractivity contribution in [2.75, 3.05) is 32.6 Å². The molecule has 2 aromatic carbocycles. The maximum absolute atomic E-state index is 12.7. The average Bonchev–Trinajstić information content (AvgIpc) is 2.63. The van der Waals surface area contributed by atoms with Crippen molar-refractivity contribution < 1.29 is 22.7 Å². The van der Waals surface area contributed by atoms with Gasteiger partial charge >= 0.3 is 0 Å². The molecular formula is C18H21ClN2O5S. The Morgan fingerprint density at radius 1 is 1.19 bits per heavy atom. The van der Waals surface area contributed by atoms with Crippen LogP contribution in [-0.4, -0.2) is 45.9 Å². The van der Waals surface area contributed by atoms with Gasteiger partial charge in [-0.2, -0.15) is 4.31 Å². The molecule has 0 unspecified atom stereocenters. The number of halogens is 1. The van der Waals surface area contributed by atoms with E-state index in [4.69, 9.17) is 21.1 Å². The van der Waals surface area contributed by atoms with Crippen LogP contribution in [0.4, 0.5) is 5.69 Å². The van der Waals surface area contributed by atoms with Crippen LogP contribution < -0.4 is 14.8 Å². The monoisotopic (exact) mass is 412 g/mol. The van der Waals surface area contributed by atoms with Crippen molar-refractivity contribution in [1.82, 2.24) is 4.31 Å². The molecular weight excluding hydrogens is 392 g/mol. The minimum absolute atomic E-state index is 0.0245. The Bertz CT molecular complexity index is 918. The van der Waals surface area contributed by atoms with Gasteiger partial charge in [0.25, 0.3) is 0 Å². The number of hydrogen-bond acceptors (Lipinski definition) is 5. The Balaban J connectivity index is 2.12. The first-order valence-electron chi connectivity index (χ1n) is 8.11. The van der Waals surface area contributed by atoms with Crippen LogP contribution in [0.3, 0.4) is 0 Å². The number of anilines is 1. The molecule has 1 amide bonds. The normalized spacial score (nSPS) is 11.3. The highest BCUT2D eigenvalue weighted by molar-refractivity contribution is 7.89. The van der Waals surface area contributed by atoms with Gasteiger partial charge in [0.1, 0.15) is 11.5 Å². The highest BCUT2D eigenvalue weighted by Crippen LogP contribution is 2.28. The molecule has 27 heavy (non-hydrogen) atoms. The molecule has 0 radical (unpaired) electrons. The molecule has 0 bridgehead atoms. The fraction of sp³-hybridized carbons (Fsp3) is 0.278. The molecule has 0 saturated carbocycles. The Morgan fingerprint density at radius 3 is 2.52 bits per heavy atom.